The minimum atomic E-state index is -0.145. The average molecular weight is 520 g/mol. The minimum absolute atomic E-state index is 0.0475. The van der Waals surface area contributed by atoms with Crippen LogP contribution in [0.3, 0.4) is 0 Å². The number of nitrogens with one attached hydrogen (secondary N) is 2. The van der Waals surface area contributed by atoms with E-state index in [1.54, 1.807) is 37.6 Å². The van der Waals surface area contributed by atoms with E-state index in [0.29, 0.717) is 35.8 Å². The quantitative estimate of drug-likeness (QED) is 0.284. The van der Waals surface area contributed by atoms with Crippen molar-refractivity contribution >= 4 is 17.3 Å². The highest BCUT2D eigenvalue weighted by atomic mass is 16.5. The summed E-state index contributed by atoms with van der Waals surface area (Å²) in [5.41, 5.74) is 10.7. The van der Waals surface area contributed by atoms with Crippen LogP contribution in [0.15, 0.2) is 54.7 Å². The summed E-state index contributed by atoms with van der Waals surface area (Å²) in [7, 11) is 1.60. The lowest BCUT2D eigenvalue weighted by Gasteiger charge is -2.27. The van der Waals surface area contributed by atoms with Crippen LogP contribution >= 0.6 is 0 Å². The molecule has 0 aliphatic carbocycles. The number of nitrogens with two attached hydrogens (primary N) is 1. The van der Waals surface area contributed by atoms with E-state index >= 15 is 0 Å². The Bertz CT molecular complexity index is 1230. The Morgan fingerprint density at radius 3 is 2.76 bits per heavy atom. The van der Waals surface area contributed by atoms with Crippen molar-refractivity contribution < 1.29 is 19.4 Å². The number of methoxy groups -OCH3 is 1. The summed E-state index contributed by atoms with van der Waals surface area (Å²) in [5.74, 6) is 0.637. The maximum atomic E-state index is 12.8. The minimum Gasteiger partial charge on any atom is -0.508 e. The summed E-state index contributed by atoms with van der Waals surface area (Å²) in [6.45, 7) is 6.73. The van der Waals surface area contributed by atoms with Crippen LogP contribution in [0.25, 0.3) is 0 Å². The van der Waals surface area contributed by atoms with E-state index in [2.05, 4.69) is 20.5 Å². The van der Waals surface area contributed by atoms with Gasteiger partial charge in [0.05, 0.1) is 31.7 Å². The van der Waals surface area contributed by atoms with Gasteiger partial charge in [0.15, 0.2) is 0 Å². The molecule has 2 aromatic carbocycles. The Morgan fingerprint density at radius 1 is 1.18 bits per heavy atom. The van der Waals surface area contributed by atoms with Gasteiger partial charge in [0.25, 0.3) is 5.91 Å². The van der Waals surface area contributed by atoms with Gasteiger partial charge in [-0.1, -0.05) is 12.1 Å². The Balaban J connectivity index is 1.33. The van der Waals surface area contributed by atoms with Crippen LogP contribution in [0.5, 0.6) is 11.6 Å². The molecule has 9 heteroatoms. The number of nitrogen functional groups attached to an aromatic ring is 1. The second kappa shape index (κ2) is 13.1. The molecule has 1 unspecified atom stereocenters. The molecule has 5 N–H and O–H groups in total. The van der Waals surface area contributed by atoms with Crippen LogP contribution in [0.4, 0.5) is 11.4 Å². The fraction of sp³-hybridized carbons (Fsp3) is 0.379. The van der Waals surface area contributed by atoms with Gasteiger partial charge in [0.2, 0.25) is 5.88 Å². The molecule has 1 amide bonds. The number of carbonyl (C=O) groups is 1. The van der Waals surface area contributed by atoms with Crippen molar-refractivity contribution in [1.82, 2.24) is 15.2 Å². The Kier molecular flexibility index (Phi) is 9.40. The lowest BCUT2D eigenvalue weighted by Crippen LogP contribution is -2.40. The molecule has 38 heavy (non-hydrogen) atoms. The molecule has 1 aromatic heterocycles. The van der Waals surface area contributed by atoms with Crippen molar-refractivity contribution in [2.45, 2.75) is 32.4 Å². The number of pyridine rings is 1. The van der Waals surface area contributed by atoms with Crippen molar-refractivity contribution in [3.63, 3.8) is 0 Å². The van der Waals surface area contributed by atoms with Gasteiger partial charge in [0.1, 0.15) is 5.75 Å². The number of nitrogens with zero attached hydrogens (tertiary/aromatic N) is 2. The summed E-state index contributed by atoms with van der Waals surface area (Å²) in [6, 6.07) is 14.6. The zero-order valence-corrected chi connectivity index (χ0v) is 22.1. The van der Waals surface area contributed by atoms with Crippen LogP contribution in [0, 0.1) is 0 Å². The van der Waals surface area contributed by atoms with E-state index in [1.807, 2.05) is 31.2 Å². The molecule has 202 valence electrons. The van der Waals surface area contributed by atoms with Crippen molar-refractivity contribution in [2.75, 3.05) is 51.0 Å². The predicted molar refractivity (Wildman–Crippen MR) is 149 cm³/mol. The topological polar surface area (TPSA) is 122 Å². The standard InChI is InChI=1S/C29H37N5O4/c1-20(9-11-34-12-14-38-15-13-34)33-28(36)22-6-7-26(25(30)18-22)32-19-24-17-21(5-8-27(24)35)16-23-4-3-10-31-29(23)37-2/h3-8,10,17-18,20,32,35H,9,11-16,19,30H2,1-2H3,(H,33,36). The van der Waals surface area contributed by atoms with Gasteiger partial charge in [-0.15, -0.1) is 0 Å². The maximum Gasteiger partial charge on any atom is 0.251 e. The molecular formula is C29H37N5O4. The molecule has 4 rings (SSSR count). The molecular weight excluding hydrogens is 482 g/mol. The first-order valence-corrected chi connectivity index (χ1v) is 13.0. The third-order valence-electron chi connectivity index (χ3n) is 6.72. The highest BCUT2D eigenvalue weighted by Crippen LogP contribution is 2.26. The lowest BCUT2D eigenvalue weighted by molar-refractivity contribution is 0.0363. The third-order valence-corrected chi connectivity index (χ3v) is 6.72. The largest absolute Gasteiger partial charge is 0.508 e. The number of morpholine rings is 1. The average Bonchev–Trinajstić information content (AvgIpc) is 2.93. The Morgan fingerprint density at radius 2 is 2.00 bits per heavy atom. The molecule has 1 saturated heterocycles. The predicted octanol–water partition coefficient (Wildman–Crippen LogP) is 3.42. The second-order valence-corrected chi connectivity index (χ2v) is 9.58. The summed E-state index contributed by atoms with van der Waals surface area (Å²) >= 11 is 0. The summed E-state index contributed by atoms with van der Waals surface area (Å²) in [4.78, 5) is 19.4. The first-order chi connectivity index (χ1) is 18.4. The molecule has 0 bridgehead atoms. The monoisotopic (exact) mass is 519 g/mol. The molecule has 9 nitrogen and oxygen atoms in total. The van der Waals surface area contributed by atoms with E-state index in [-0.39, 0.29) is 17.7 Å². The van der Waals surface area contributed by atoms with Gasteiger partial charge >= 0.3 is 0 Å². The van der Waals surface area contributed by atoms with E-state index < -0.39 is 0 Å². The molecule has 1 aliphatic heterocycles. The van der Waals surface area contributed by atoms with Gasteiger partial charge in [-0.25, -0.2) is 4.98 Å². The van der Waals surface area contributed by atoms with Crippen LogP contribution < -0.4 is 21.1 Å². The van der Waals surface area contributed by atoms with Crippen LogP contribution in [-0.4, -0.2) is 66.9 Å². The molecule has 0 radical (unpaired) electrons. The van der Waals surface area contributed by atoms with Crippen molar-refractivity contribution in [2.24, 2.45) is 0 Å². The van der Waals surface area contributed by atoms with Crippen LogP contribution in [0.2, 0.25) is 0 Å². The van der Waals surface area contributed by atoms with Gasteiger partial charge in [-0.2, -0.15) is 0 Å². The maximum absolute atomic E-state index is 12.8. The van der Waals surface area contributed by atoms with Gasteiger partial charge in [-0.05, 0) is 55.3 Å². The molecule has 0 saturated carbocycles. The van der Waals surface area contributed by atoms with E-state index in [0.717, 1.165) is 56.0 Å². The number of hydrogen-bond donors (Lipinski definition) is 4. The number of phenolic OH excluding ortho intramolecular Hbond substituents is 1. The van der Waals surface area contributed by atoms with E-state index in [4.69, 9.17) is 15.2 Å². The second-order valence-electron chi connectivity index (χ2n) is 9.58. The highest BCUT2D eigenvalue weighted by molar-refractivity contribution is 5.96. The number of rotatable bonds is 11. The first-order valence-electron chi connectivity index (χ1n) is 13.0. The third kappa shape index (κ3) is 7.36. The Labute approximate surface area is 224 Å². The molecule has 0 spiro atoms. The number of carbonyl (C=O) groups excluding carboxylic acids is 1. The summed E-state index contributed by atoms with van der Waals surface area (Å²) in [6.07, 6.45) is 3.19. The molecule has 1 aliphatic rings. The number of phenols is 1. The lowest BCUT2D eigenvalue weighted by atomic mass is 10.0. The first kappa shape index (κ1) is 27.2. The number of aromatic hydroxyl groups is 1. The number of anilines is 2. The molecule has 3 aromatic rings. The SMILES string of the molecule is COc1ncccc1Cc1ccc(O)c(CNc2ccc(C(=O)NC(C)CCN3CCOCC3)cc2N)c1. The summed E-state index contributed by atoms with van der Waals surface area (Å²) < 4.78 is 10.7. The van der Waals surface area contributed by atoms with Crippen LogP contribution in [-0.2, 0) is 17.7 Å². The van der Waals surface area contributed by atoms with Crippen molar-refractivity contribution in [3.05, 3.63) is 77.0 Å². The van der Waals surface area contributed by atoms with E-state index in [1.165, 1.54) is 0 Å². The van der Waals surface area contributed by atoms with Gasteiger partial charge < -0.3 is 30.9 Å². The fourth-order valence-electron chi connectivity index (χ4n) is 4.49. The Hall–Kier alpha value is -3.82. The van der Waals surface area contributed by atoms with Gasteiger partial charge in [0, 0.05) is 61.5 Å². The van der Waals surface area contributed by atoms with Crippen LogP contribution in [0.1, 0.15) is 40.4 Å². The number of hydrogen-bond acceptors (Lipinski definition) is 8. The zero-order valence-electron chi connectivity index (χ0n) is 22.1. The number of benzene rings is 2. The number of amides is 1. The number of ether oxygens (including phenoxy) is 2. The fourth-order valence-corrected chi connectivity index (χ4v) is 4.49. The van der Waals surface area contributed by atoms with Crippen molar-refractivity contribution in [1.29, 1.82) is 0 Å². The highest BCUT2D eigenvalue weighted by Gasteiger charge is 2.15. The molecule has 1 fully saturated rings. The van der Waals surface area contributed by atoms with Crippen molar-refractivity contribution in [3.8, 4) is 11.6 Å². The van der Waals surface area contributed by atoms with Gasteiger partial charge in [-0.3, -0.25) is 9.69 Å². The molecule has 2 heterocycles. The smallest absolute Gasteiger partial charge is 0.251 e. The normalized spacial score (nSPS) is 14.6. The van der Waals surface area contributed by atoms with E-state index in [9.17, 15) is 9.90 Å². The zero-order chi connectivity index (χ0) is 26.9. The molecule has 1 atom stereocenters. The summed E-state index contributed by atoms with van der Waals surface area (Å²) in [5, 5.41) is 16.7. The number of aromatic nitrogens is 1.